The van der Waals surface area contributed by atoms with E-state index >= 15 is 0 Å². The first-order valence-corrected chi connectivity index (χ1v) is 10.8. The molecule has 0 unspecified atom stereocenters. The topological polar surface area (TPSA) is 81.9 Å². The highest BCUT2D eigenvalue weighted by Gasteiger charge is 2.32. The Kier molecular flexibility index (Phi) is 5.49. The average Bonchev–Trinajstić information content (AvgIpc) is 3.21. The molecule has 0 amide bonds. The molecule has 152 valence electrons. The molecular weight excluding hydrogens is 416 g/mol. The number of halogens is 1. The average molecular weight is 435 g/mol. The van der Waals surface area contributed by atoms with E-state index < -0.39 is 9.84 Å². The number of aromatic nitrogens is 1. The molecule has 2 heterocycles. The summed E-state index contributed by atoms with van der Waals surface area (Å²) >= 11 is 5.91. The molecule has 0 bridgehead atoms. The van der Waals surface area contributed by atoms with Crippen LogP contribution in [0.15, 0.2) is 62.9 Å². The number of ether oxygens (including phenoxy) is 2. The molecule has 1 aliphatic heterocycles. The van der Waals surface area contributed by atoms with Crippen molar-refractivity contribution < 1.29 is 22.3 Å². The van der Waals surface area contributed by atoms with E-state index in [2.05, 4.69) is 4.98 Å². The first-order chi connectivity index (χ1) is 14.0. The summed E-state index contributed by atoms with van der Waals surface area (Å²) in [7, 11) is -2.36. The molecule has 0 spiro atoms. The lowest BCUT2D eigenvalue weighted by molar-refractivity contribution is 0.120. The molecule has 0 atom stereocenters. The van der Waals surface area contributed by atoms with E-state index in [1.54, 1.807) is 31.4 Å². The van der Waals surface area contributed by atoms with Gasteiger partial charge in [0.15, 0.2) is 0 Å². The second-order valence-corrected chi connectivity index (χ2v) is 8.72. The molecule has 1 aromatic heterocycles. The quantitative estimate of drug-likeness (QED) is 0.605. The molecule has 1 fully saturated rings. The van der Waals surface area contributed by atoms with Gasteiger partial charge < -0.3 is 18.8 Å². The maximum Gasteiger partial charge on any atom is 0.236 e. The molecular formula is C20H19ClN2O5S. The zero-order valence-corrected chi connectivity index (χ0v) is 17.2. The van der Waals surface area contributed by atoms with Gasteiger partial charge in [0.2, 0.25) is 26.6 Å². The van der Waals surface area contributed by atoms with Crippen LogP contribution in [0.1, 0.15) is 0 Å². The minimum Gasteiger partial charge on any atom is -0.497 e. The third kappa shape index (κ3) is 3.96. The molecule has 0 aliphatic carbocycles. The van der Waals surface area contributed by atoms with Gasteiger partial charge in [-0.05, 0) is 42.5 Å². The van der Waals surface area contributed by atoms with Crippen molar-refractivity contribution in [2.24, 2.45) is 0 Å². The van der Waals surface area contributed by atoms with Gasteiger partial charge in [-0.3, -0.25) is 0 Å². The van der Waals surface area contributed by atoms with Gasteiger partial charge in [-0.15, -0.1) is 0 Å². The minimum absolute atomic E-state index is 0.0990. The van der Waals surface area contributed by atoms with E-state index in [9.17, 15) is 8.42 Å². The Bertz CT molecular complexity index is 1110. The van der Waals surface area contributed by atoms with Gasteiger partial charge in [0.25, 0.3) is 0 Å². The number of nitrogens with zero attached hydrogens (tertiary/aromatic N) is 2. The molecule has 3 aromatic rings. The van der Waals surface area contributed by atoms with Gasteiger partial charge in [0, 0.05) is 23.7 Å². The van der Waals surface area contributed by atoms with Crippen LogP contribution < -0.4 is 9.64 Å². The second-order valence-electron chi connectivity index (χ2n) is 6.42. The molecule has 4 rings (SSSR count). The second kappa shape index (κ2) is 8.06. The van der Waals surface area contributed by atoms with Crippen LogP contribution in [0.2, 0.25) is 5.02 Å². The normalized spacial score (nSPS) is 14.8. The van der Waals surface area contributed by atoms with E-state index in [1.807, 2.05) is 4.90 Å². The maximum atomic E-state index is 13.3. The zero-order chi connectivity index (χ0) is 20.4. The van der Waals surface area contributed by atoms with E-state index in [0.717, 1.165) is 0 Å². The number of benzene rings is 2. The number of oxazole rings is 1. The summed E-state index contributed by atoms with van der Waals surface area (Å²) in [6.07, 6.45) is 0. The van der Waals surface area contributed by atoms with Gasteiger partial charge in [0.1, 0.15) is 5.75 Å². The van der Waals surface area contributed by atoms with Crippen molar-refractivity contribution in [3.63, 3.8) is 0 Å². The number of methoxy groups -OCH3 is 1. The standard InChI is InChI=1S/C20H19ClN2O5S/c1-26-16-4-2-3-14(13-16)18-22-19(20(28-18)23-9-11-27-12-10-23)29(24,25)17-7-5-15(21)6-8-17/h2-8,13H,9-12H2,1H3. The number of hydrogen-bond donors (Lipinski definition) is 0. The van der Waals surface area contributed by atoms with E-state index in [-0.39, 0.29) is 21.7 Å². The lowest BCUT2D eigenvalue weighted by Crippen LogP contribution is -2.36. The van der Waals surface area contributed by atoms with Crippen LogP contribution in [0.5, 0.6) is 5.75 Å². The van der Waals surface area contributed by atoms with Crippen molar-refractivity contribution in [3.8, 4) is 17.2 Å². The highest BCUT2D eigenvalue weighted by atomic mass is 35.5. The Labute approximate surface area is 173 Å². The van der Waals surface area contributed by atoms with Crippen molar-refractivity contribution in [1.29, 1.82) is 0 Å². The van der Waals surface area contributed by atoms with Crippen molar-refractivity contribution in [2.45, 2.75) is 9.92 Å². The molecule has 29 heavy (non-hydrogen) atoms. The summed E-state index contributed by atoms with van der Waals surface area (Å²) in [6, 6.07) is 13.1. The first kappa shape index (κ1) is 19.8. The molecule has 1 aliphatic rings. The van der Waals surface area contributed by atoms with E-state index in [4.69, 9.17) is 25.5 Å². The summed E-state index contributed by atoms with van der Waals surface area (Å²) in [5.74, 6) is 1.04. The number of hydrogen-bond acceptors (Lipinski definition) is 7. The lowest BCUT2D eigenvalue weighted by Gasteiger charge is -2.26. The van der Waals surface area contributed by atoms with Crippen LogP contribution in [0.25, 0.3) is 11.5 Å². The molecule has 9 heteroatoms. The molecule has 1 saturated heterocycles. The first-order valence-electron chi connectivity index (χ1n) is 8.97. The number of anilines is 1. The van der Waals surface area contributed by atoms with Crippen LogP contribution >= 0.6 is 11.6 Å². The smallest absolute Gasteiger partial charge is 0.236 e. The van der Waals surface area contributed by atoms with Gasteiger partial charge in [-0.25, -0.2) is 8.42 Å². The van der Waals surface area contributed by atoms with Crippen molar-refractivity contribution in [2.75, 3.05) is 38.3 Å². The Hall–Kier alpha value is -2.55. The molecule has 7 nitrogen and oxygen atoms in total. The van der Waals surface area contributed by atoms with Crippen LogP contribution in [0.4, 0.5) is 5.88 Å². The van der Waals surface area contributed by atoms with Gasteiger partial charge in [-0.1, -0.05) is 17.7 Å². The summed E-state index contributed by atoms with van der Waals surface area (Å²) in [6.45, 7) is 1.98. The van der Waals surface area contributed by atoms with Crippen LogP contribution in [0, 0.1) is 0 Å². The Morgan fingerprint density at radius 3 is 2.52 bits per heavy atom. The highest BCUT2D eigenvalue weighted by molar-refractivity contribution is 7.91. The number of morpholine rings is 1. The van der Waals surface area contributed by atoms with Crippen molar-refractivity contribution >= 4 is 27.3 Å². The SMILES string of the molecule is COc1cccc(-c2nc(S(=O)(=O)c3ccc(Cl)cc3)c(N3CCOCC3)o2)c1. The minimum atomic E-state index is -3.92. The van der Waals surface area contributed by atoms with Gasteiger partial charge in [-0.2, -0.15) is 4.98 Å². The maximum absolute atomic E-state index is 13.3. The molecule has 2 aromatic carbocycles. The fourth-order valence-corrected chi connectivity index (χ4v) is 4.49. The summed E-state index contributed by atoms with van der Waals surface area (Å²) in [5, 5.41) is 0.328. The van der Waals surface area contributed by atoms with E-state index in [1.165, 1.54) is 24.3 Å². The molecule has 0 radical (unpaired) electrons. The molecule has 0 N–H and O–H groups in total. The third-order valence-electron chi connectivity index (χ3n) is 4.57. The van der Waals surface area contributed by atoms with Crippen molar-refractivity contribution in [3.05, 3.63) is 53.6 Å². The largest absolute Gasteiger partial charge is 0.497 e. The molecule has 0 saturated carbocycles. The fraction of sp³-hybridized carbons (Fsp3) is 0.250. The van der Waals surface area contributed by atoms with E-state index in [0.29, 0.717) is 42.6 Å². The Morgan fingerprint density at radius 1 is 1.10 bits per heavy atom. The number of sulfone groups is 1. The van der Waals surface area contributed by atoms with Gasteiger partial charge in [0.05, 0.1) is 25.2 Å². The predicted molar refractivity (Wildman–Crippen MR) is 108 cm³/mol. The fourth-order valence-electron chi connectivity index (χ4n) is 3.04. The predicted octanol–water partition coefficient (Wildman–Crippen LogP) is 3.67. The van der Waals surface area contributed by atoms with Crippen LogP contribution in [-0.4, -0.2) is 46.8 Å². The van der Waals surface area contributed by atoms with Crippen LogP contribution in [-0.2, 0) is 14.6 Å². The lowest BCUT2D eigenvalue weighted by atomic mass is 10.2. The van der Waals surface area contributed by atoms with Crippen molar-refractivity contribution in [1.82, 2.24) is 4.98 Å². The zero-order valence-electron chi connectivity index (χ0n) is 15.7. The summed E-state index contributed by atoms with van der Waals surface area (Å²) < 4.78 is 43.3. The summed E-state index contributed by atoms with van der Waals surface area (Å²) in [4.78, 5) is 6.31. The third-order valence-corrected chi connectivity index (χ3v) is 6.49. The highest BCUT2D eigenvalue weighted by Crippen LogP contribution is 2.36. The van der Waals surface area contributed by atoms with Gasteiger partial charge >= 0.3 is 0 Å². The summed E-state index contributed by atoms with van der Waals surface area (Å²) in [5.41, 5.74) is 0.622. The van der Waals surface area contributed by atoms with Crippen LogP contribution in [0.3, 0.4) is 0 Å². The monoisotopic (exact) mass is 434 g/mol. The Morgan fingerprint density at radius 2 is 1.83 bits per heavy atom. The Balaban J connectivity index is 1.84. The number of rotatable bonds is 5.